The largest absolute Gasteiger partial charge is 0.481 e. The second-order valence-corrected chi connectivity index (χ2v) is 7.52. The zero-order chi connectivity index (χ0) is 17.3. The molecule has 1 aromatic rings. The van der Waals surface area contributed by atoms with Gasteiger partial charge in [0.05, 0.1) is 5.92 Å². The fourth-order valence-electron chi connectivity index (χ4n) is 3.76. The van der Waals surface area contributed by atoms with Crippen molar-refractivity contribution in [3.63, 3.8) is 0 Å². The number of halogens is 1. The molecule has 6 heteroatoms. The Morgan fingerprint density at radius 2 is 1.92 bits per heavy atom. The number of benzene rings is 1. The van der Waals surface area contributed by atoms with Gasteiger partial charge in [0.25, 0.3) is 0 Å². The van der Waals surface area contributed by atoms with E-state index < -0.39 is 11.9 Å². The van der Waals surface area contributed by atoms with Crippen molar-refractivity contribution in [2.75, 3.05) is 13.1 Å². The molecular formula is C18H23ClN2O3. The number of likely N-dealkylation sites (tertiary alicyclic amines) is 1. The number of hydrogen-bond acceptors (Lipinski definition) is 2. The number of rotatable bonds is 3. The summed E-state index contributed by atoms with van der Waals surface area (Å²) in [5.41, 5.74) is 1.14. The van der Waals surface area contributed by atoms with Crippen LogP contribution in [0.1, 0.15) is 37.7 Å². The van der Waals surface area contributed by atoms with Gasteiger partial charge in [0.1, 0.15) is 0 Å². The number of carboxylic acids is 1. The number of amides is 2. The van der Waals surface area contributed by atoms with E-state index in [0.717, 1.165) is 23.4 Å². The average molecular weight is 351 g/mol. The van der Waals surface area contributed by atoms with E-state index in [1.165, 1.54) is 0 Å². The molecule has 0 aromatic heterocycles. The third kappa shape index (κ3) is 3.66. The summed E-state index contributed by atoms with van der Waals surface area (Å²) in [6.07, 6.45) is 2.39. The summed E-state index contributed by atoms with van der Waals surface area (Å²) in [4.78, 5) is 25.3. The standard InChI is InChI=1S/C18H23ClN2O3/c1-11-6-13(17(22)23)10-21(9-11)18(24)20-14-7-12(8-14)15-4-2-3-5-16(15)19/h2-5,11-14H,6-10H2,1H3,(H,20,24)(H,22,23). The lowest BCUT2D eigenvalue weighted by molar-refractivity contribution is -0.143. The summed E-state index contributed by atoms with van der Waals surface area (Å²) in [5.74, 6) is -0.683. The summed E-state index contributed by atoms with van der Waals surface area (Å²) >= 11 is 6.22. The molecule has 24 heavy (non-hydrogen) atoms. The first-order valence-corrected chi connectivity index (χ1v) is 8.84. The summed E-state index contributed by atoms with van der Waals surface area (Å²) < 4.78 is 0. The molecule has 0 spiro atoms. The minimum atomic E-state index is -0.818. The van der Waals surface area contributed by atoms with Gasteiger partial charge < -0.3 is 15.3 Å². The van der Waals surface area contributed by atoms with Gasteiger partial charge in [0, 0.05) is 24.2 Å². The smallest absolute Gasteiger partial charge is 0.317 e. The number of nitrogens with one attached hydrogen (secondary N) is 1. The highest BCUT2D eigenvalue weighted by molar-refractivity contribution is 6.31. The number of carboxylic acid groups (broad SMARTS) is 1. The van der Waals surface area contributed by atoms with Gasteiger partial charge in [-0.25, -0.2) is 4.79 Å². The monoisotopic (exact) mass is 350 g/mol. The lowest BCUT2D eigenvalue weighted by atomic mass is 9.76. The van der Waals surface area contributed by atoms with Gasteiger partial charge in [-0.05, 0) is 42.7 Å². The molecule has 1 aliphatic heterocycles. The van der Waals surface area contributed by atoms with E-state index in [2.05, 4.69) is 5.32 Å². The predicted octanol–water partition coefficient (Wildman–Crippen LogP) is 3.34. The first-order valence-electron chi connectivity index (χ1n) is 8.46. The van der Waals surface area contributed by atoms with Gasteiger partial charge in [-0.2, -0.15) is 0 Å². The summed E-state index contributed by atoms with van der Waals surface area (Å²) in [5, 5.41) is 13.0. The van der Waals surface area contributed by atoms with Gasteiger partial charge in [-0.15, -0.1) is 0 Å². The summed E-state index contributed by atoms with van der Waals surface area (Å²) in [6.45, 7) is 2.91. The Morgan fingerprint density at radius 3 is 2.58 bits per heavy atom. The zero-order valence-electron chi connectivity index (χ0n) is 13.7. The van der Waals surface area contributed by atoms with Crippen molar-refractivity contribution < 1.29 is 14.7 Å². The fourth-order valence-corrected chi connectivity index (χ4v) is 4.05. The van der Waals surface area contributed by atoms with Crippen LogP contribution < -0.4 is 5.32 Å². The Balaban J connectivity index is 1.52. The lowest BCUT2D eigenvalue weighted by Crippen LogP contribution is -2.53. The second kappa shape index (κ2) is 7.01. The molecule has 2 atom stereocenters. The Kier molecular flexibility index (Phi) is 4.99. The van der Waals surface area contributed by atoms with Gasteiger partial charge in [0.2, 0.25) is 0 Å². The lowest BCUT2D eigenvalue weighted by Gasteiger charge is -2.40. The van der Waals surface area contributed by atoms with E-state index in [9.17, 15) is 14.7 Å². The maximum absolute atomic E-state index is 12.4. The Morgan fingerprint density at radius 1 is 1.21 bits per heavy atom. The molecule has 2 unspecified atom stereocenters. The highest BCUT2D eigenvalue weighted by Crippen LogP contribution is 2.40. The predicted molar refractivity (Wildman–Crippen MR) is 92.2 cm³/mol. The van der Waals surface area contributed by atoms with Crippen molar-refractivity contribution in [3.05, 3.63) is 34.9 Å². The van der Waals surface area contributed by atoms with Crippen LogP contribution in [0.3, 0.4) is 0 Å². The van der Waals surface area contributed by atoms with Crippen LogP contribution in [0.4, 0.5) is 4.79 Å². The van der Waals surface area contributed by atoms with Crippen LogP contribution in [0.15, 0.2) is 24.3 Å². The Labute approximate surface area is 147 Å². The minimum Gasteiger partial charge on any atom is -0.481 e. The second-order valence-electron chi connectivity index (χ2n) is 7.12. The number of nitrogens with zero attached hydrogens (tertiary/aromatic N) is 1. The van der Waals surface area contributed by atoms with Gasteiger partial charge in [-0.3, -0.25) is 4.79 Å². The van der Waals surface area contributed by atoms with Crippen LogP contribution in [-0.4, -0.2) is 41.1 Å². The van der Waals surface area contributed by atoms with Crippen LogP contribution in [-0.2, 0) is 4.79 Å². The third-order valence-corrected chi connectivity index (χ3v) is 5.45. The number of carbonyl (C=O) groups is 2. The Bertz CT molecular complexity index is 630. The van der Waals surface area contributed by atoms with Crippen molar-refractivity contribution in [1.82, 2.24) is 10.2 Å². The van der Waals surface area contributed by atoms with E-state index in [1.54, 1.807) is 4.90 Å². The SMILES string of the molecule is CC1CC(C(=O)O)CN(C(=O)NC2CC(c3ccccc3Cl)C2)C1. The molecule has 1 aromatic carbocycles. The van der Waals surface area contributed by atoms with E-state index in [4.69, 9.17) is 11.6 Å². The van der Waals surface area contributed by atoms with Gasteiger partial charge in [0.15, 0.2) is 0 Å². The molecule has 2 N–H and O–H groups in total. The van der Waals surface area contributed by atoms with Crippen LogP contribution in [0, 0.1) is 11.8 Å². The molecule has 3 rings (SSSR count). The van der Waals surface area contributed by atoms with Crippen LogP contribution in [0.2, 0.25) is 5.02 Å². The normalized spacial score (nSPS) is 29.7. The molecule has 1 heterocycles. The molecule has 1 saturated carbocycles. The van der Waals surface area contributed by atoms with Gasteiger partial charge in [-0.1, -0.05) is 36.7 Å². The zero-order valence-corrected chi connectivity index (χ0v) is 14.5. The minimum absolute atomic E-state index is 0.138. The molecule has 1 aliphatic carbocycles. The molecule has 1 saturated heterocycles. The third-order valence-electron chi connectivity index (χ3n) is 5.11. The number of hydrogen-bond donors (Lipinski definition) is 2. The maximum atomic E-state index is 12.4. The van der Waals surface area contributed by atoms with E-state index in [1.807, 2.05) is 31.2 Å². The molecule has 130 valence electrons. The molecular weight excluding hydrogens is 328 g/mol. The molecule has 2 fully saturated rings. The molecule has 5 nitrogen and oxygen atoms in total. The van der Waals surface area contributed by atoms with E-state index in [-0.39, 0.29) is 18.0 Å². The highest BCUT2D eigenvalue weighted by atomic mass is 35.5. The van der Waals surface area contributed by atoms with E-state index in [0.29, 0.717) is 25.4 Å². The van der Waals surface area contributed by atoms with Crippen molar-refractivity contribution in [2.45, 2.75) is 38.1 Å². The van der Waals surface area contributed by atoms with Crippen molar-refractivity contribution >= 4 is 23.6 Å². The first-order chi connectivity index (χ1) is 11.4. The summed E-state index contributed by atoms with van der Waals surface area (Å²) in [7, 11) is 0. The molecule has 0 radical (unpaired) electrons. The van der Waals surface area contributed by atoms with Crippen molar-refractivity contribution in [3.8, 4) is 0 Å². The number of carbonyl (C=O) groups excluding carboxylic acids is 1. The quantitative estimate of drug-likeness (QED) is 0.878. The molecule has 0 bridgehead atoms. The molecule has 2 aliphatic rings. The number of piperidine rings is 1. The van der Waals surface area contributed by atoms with Crippen LogP contribution in [0.5, 0.6) is 0 Å². The van der Waals surface area contributed by atoms with E-state index >= 15 is 0 Å². The topological polar surface area (TPSA) is 69.6 Å². The van der Waals surface area contributed by atoms with Crippen LogP contribution >= 0.6 is 11.6 Å². The first kappa shape index (κ1) is 17.1. The summed E-state index contributed by atoms with van der Waals surface area (Å²) in [6, 6.07) is 7.82. The average Bonchev–Trinajstić information content (AvgIpc) is 2.50. The van der Waals surface area contributed by atoms with Crippen molar-refractivity contribution in [2.24, 2.45) is 11.8 Å². The van der Waals surface area contributed by atoms with Crippen LogP contribution in [0.25, 0.3) is 0 Å². The van der Waals surface area contributed by atoms with Crippen molar-refractivity contribution in [1.29, 1.82) is 0 Å². The maximum Gasteiger partial charge on any atom is 0.317 e. The number of urea groups is 1. The fraction of sp³-hybridized carbons (Fsp3) is 0.556. The Hall–Kier alpha value is -1.75. The molecule has 2 amide bonds. The number of aliphatic carboxylic acids is 1. The van der Waals surface area contributed by atoms with Gasteiger partial charge >= 0.3 is 12.0 Å². The highest BCUT2D eigenvalue weighted by Gasteiger charge is 2.36.